The van der Waals surface area contributed by atoms with Crippen molar-refractivity contribution in [2.75, 3.05) is 0 Å². The Balaban J connectivity index is 3.26. The highest BCUT2D eigenvalue weighted by Gasteiger charge is 2.41. The molecule has 0 saturated heterocycles. The number of rotatable bonds is 3. The van der Waals surface area contributed by atoms with E-state index in [1.54, 1.807) is 0 Å². The highest BCUT2D eigenvalue weighted by molar-refractivity contribution is 14.1. The van der Waals surface area contributed by atoms with E-state index >= 15 is 0 Å². The van der Waals surface area contributed by atoms with Crippen LogP contribution in [0.5, 0.6) is 0 Å². The fraction of sp³-hybridized carbons (Fsp3) is 0.529. The lowest BCUT2D eigenvalue weighted by Crippen LogP contribution is -2.43. The van der Waals surface area contributed by atoms with Crippen molar-refractivity contribution in [2.24, 2.45) is 0 Å². The first-order valence-electron chi connectivity index (χ1n) is 7.20. The topological polar surface area (TPSA) is 0 Å². The number of benzene rings is 1. The fourth-order valence-electron chi connectivity index (χ4n) is 3.19. The van der Waals surface area contributed by atoms with Crippen LogP contribution in [0.25, 0.3) is 0 Å². The second kappa shape index (κ2) is 7.46. The molecule has 0 bridgehead atoms. The summed E-state index contributed by atoms with van der Waals surface area (Å²) in [5, 5.41) is 0. The summed E-state index contributed by atoms with van der Waals surface area (Å²) in [6.45, 7) is 14.1. The second-order valence-electron chi connectivity index (χ2n) is 6.28. The Morgan fingerprint density at radius 1 is 1.00 bits per heavy atom. The number of hydrogen-bond donors (Lipinski definition) is 0. The molecule has 0 N–H and O–H groups in total. The van der Waals surface area contributed by atoms with Crippen molar-refractivity contribution in [3.05, 3.63) is 31.8 Å². The van der Waals surface area contributed by atoms with E-state index in [0.29, 0.717) is 16.6 Å². The average Bonchev–Trinajstić information content (AvgIpc) is 2.33. The van der Waals surface area contributed by atoms with E-state index in [1.807, 2.05) is 0 Å². The van der Waals surface area contributed by atoms with Crippen LogP contribution in [0.1, 0.15) is 47.1 Å². The molecular weight excluding hydrogens is 439 g/mol. The summed E-state index contributed by atoms with van der Waals surface area (Å²) in [4.78, 5) is 0. The smallest absolute Gasteiger partial charge is 0.125 e. The first-order chi connectivity index (χ1) is 9.21. The van der Waals surface area contributed by atoms with Crippen molar-refractivity contribution in [1.82, 2.24) is 0 Å². The first-order valence-corrected chi connectivity index (χ1v) is 11.3. The molecule has 0 radical (unpaired) electrons. The maximum atomic E-state index is 3.76. The number of hydrogen-bond acceptors (Lipinski definition) is 0. The summed E-state index contributed by atoms with van der Waals surface area (Å²) >= 11 is 5.92. The molecule has 3 heteroatoms. The monoisotopic (exact) mass is 462 g/mol. The van der Waals surface area contributed by atoms with Crippen LogP contribution in [0.2, 0.25) is 16.6 Å². The van der Waals surface area contributed by atoms with Gasteiger partial charge in [0.25, 0.3) is 0 Å². The van der Waals surface area contributed by atoms with Crippen LogP contribution in [-0.4, -0.2) is 8.07 Å². The van der Waals surface area contributed by atoms with Gasteiger partial charge >= 0.3 is 0 Å². The molecule has 0 aromatic heterocycles. The Kier molecular flexibility index (Phi) is 6.81. The summed E-state index contributed by atoms with van der Waals surface area (Å²) in [6.07, 6.45) is 0. The molecule has 0 aliphatic heterocycles. The van der Waals surface area contributed by atoms with Gasteiger partial charge in [0.05, 0.1) is 0 Å². The molecule has 0 fully saturated rings. The molecule has 1 aromatic carbocycles. The van der Waals surface area contributed by atoms with Crippen molar-refractivity contribution in [3.63, 3.8) is 0 Å². The summed E-state index contributed by atoms with van der Waals surface area (Å²) in [6, 6.07) is 6.38. The van der Waals surface area contributed by atoms with E-state index in [9.17, 15) is 0 Å². The highest BCUT2D eigenvalue weighted by atomic mass is 127. The van der Waals surface area contributed by atoms with E-state index in [2.05, 4.69) is 110 Å². The van der Waals surface area contributed by atoms with Crippen molar-refractivity contribution in [2.45, 2.75) is 58.2 Å². The molecule has 0 aliphatic rings. The van der Waals surface area contributed by atoms with Crippen LogP contribution in [0, 0.1) is 15.0 Å². The van der Waals surface area contributed by atoms with Crippen molar-refractivity contribution in [3.8, 4) is 11.5 Å². The molecule has 0 atom stereocenters. The molecule has 0 nitrogen and oxygen atoms in total. The third-order valence-electron chi connectivity index (χ3n) is 4.21. The molecule has 0 spiro atoms. The van der Waals surface area contributed by atoms with Gasteiger partial charge in [-0.2, -0.15) is 0 Å². The predicted octanol–water partition coefficient (Wildman–Crippen LogP) is 6.62. The van der Waals surface area contributed by atoms with E-state index in [-0.39, 0.29) is 0 Å². The summed E-state index contributed by atoms with van der Waals surface area (Å²) in [5.41, 5.74) is 6.93. The largest absolute Gasteiger partial charge is 0.146 e. The van der Waals surface area contributed by atoms with Crippen LogP contribution >= 0.6 is 38.5 Å². The first kappa shape index (κ1) is 18.3. The van der Waals surface area contributed by atoms with Gasteiger partial charge in [0.1, 0.15) is 8.07 Å². The highest BCUT2D eigenvalue weighted by Crippen LogP contribution is 2.40. The summed E-state index contributed by atoms with van der Waals surface area (Å²) < 4.78 is 2.36. The van der Waals surface area contributed by atoms with Gasteiger partial charge in [-0.1, -0.05) is 47.5 Å². The molecule has 110 valence electrons. The Hall–Kier alpha value is 0.207. The van der Waals surface area contributed by atoms with Gasteiger partial charge in [-0.05, 0) is 73.3 Å². The van der Waals surface area contributed by atoms with Crippen LogP contribution in [0.4, 0.5) is 0 Å². The summed E-state index contributed by atoms with van der Waals surface area (Å²) in [5.74, 6) is 3.48. The van der Waals surface area contributed by atoms with E-state index in [1.165, 1.54) is 3.57 Å². The van der Waals surface area contributed by atoms with Crippen LogP contribution in [-0.2, 0) is 0 Å². The minimum absolute atomic E-state index is 0.683. The molecule has 0 aliphatic carbocycles. The van der Waals surface area contributed by atoms with Crippen LogP contribution < -0.4 is 0 Å². The average molecular weight is 463 g/mol. The van der Waals surface area contributed by atoms with Gasteiger partial charge in [0, 0.05) is 13.6 Å². The van der Waals surface area contributed by atoms with Gasteiger partial charge in [-0.25, -0.2) is 0 Å². The quantitative estimate of drug-likeness (QED) is 0.269. The third kappa shape index (κ3) is 3.89. The standard InChI is InChI=1S/C17H24BrISi/c1-12(2)20(13(3)4,14(5)6)10-9-15-7-8-17(19)16(18)11-15/h7-8,11-14H,1-6H3. The fourth-order valence-corrected chi connectivity index (χ4v) is 9.13. The maximum Gasteiger partial charge on any atom is 0.146 e. The maximum absolute atomic E-state index is 3.76. The van der Waals surface area contributed by atoms with Crippen molar-refractivity contribution in [1.29, 1.82) is 0 Å². The van der Waals surface area contributed by atoms with Crippen molar-refractivity contribution >= 4 is 46.6 Å². The molecule has 0 unspecified atom stereocenters. The zero-order valence-corrected chi connectivity index (χ0v) is 18.0. The molecule has 1 rings (SSSR count). The van der Waals surface area contributed by atoms with Crippen molar-refractivity contribution < 1.29 is 0 Å². The van der Waals surface area contributed by atoms with Gasteiger partial charge in [0.15, 0.2) is 0 Å². The lowest BCUT2D eigenvalue weighted by atomic mass is 10.2. The summed E-state index contributed by atoms with van der Waals surface area (Å²) in [7, 11) is -1.62. The Labute approximate surface area is 147 Å². The number of halogens is 2. The molecule has 0 heterocycles. The molecule has 0 saturated carbocycles. The van der Waals surface area contributed by atoms with Gasteiger partial charge in [0.2, 0.25) is 0 Å². The van der Waals surface area contributed by atoms with Gasteiger partial charge in [-0.3, -0.25) is 0 Å². The SMILES string of the molecule is CC(C)[Si](C#Cc1ccc(I)c(Br)c1)(C(C)C)C(C)C. The minimum Gasteiger partial charge on any atom is -0.125 e. The predicted molar refractivity (Wildman–Crippen MR) is 105 cm³/mol. The molecular formula is C17H24BrISi. The molecule has 1 aromatic rings. The zero-order chi connectivity index (χ0) is 15.5. The lowest BCUT2D eigenvalue weighted by molar-refractivity contribution is 0.838. The molecule has 20 heavy (non-hydrogen) atoms. The second-order valence-corrected chi connectivity index (χ2v) is 13.9. The van der Waals surface area contributed by atoms with Crippen LogP contribution in [0.15, 0.2) is 22.7 Å². The lowest BCUT2D eigenvalue weighted by Gasteiger charge is -2.38. The van der Waals surface area contributed by atoms with Gasteiger partial charge in [-0.15, -0.1) is 5.54 Å². The Morgan fingerprint density at radius 3 is 1.90 bits per heavy atom. The van der Waals surface area contributed by atoms with E-state index in [4.69, 9.17) is 0 Å². The van der Waals surface area contributed by atoms with Gasteiger partial charge < -0.3 is 0 Å². The molecule has 0 amide bonds. The zero-order valence-electron chi connectivity index (χ0n) is 13.2. The van der Waals surface area contributed by atoms with E-state index < -0.39 is 8.07 Å². The normalized spacial score (nSPS) is 11.9. The van der Waals surface area contributed by atoms with Crippen LogP contribution in [0.3, 0.4) is 0 Å². The van der Waals surface area contributed by atoms with E-state index in [0.717, 1.165) is 10.0 Å². The minimum atomic E-state index is -1.62. The third-order valence-corrected chi connectivity index (χ3v) is 12.8. The Bertz CT molecular complexity index is 502. The Morgan fingerprint density at radius 2 is 1.50 bits per heavy atom.